The van der Waals surface area contributed by atoms with E-state index in [1.807, 2.05) is 26.0 Å². The number of benzene rings is 1. The van der Waals surface area contributed by atoms with Crippen molar-refractivity contribution in [2.45, 2.75) is 50.0 Å². The number of hydrogen-bond acceptors (Lipinski definition) is 4. The van der Waals surface area contributed by atoms with Crippen LogP contribution >= 0.6 is 0 Å². The summed E-state index contributed by atoms with van der Waals surface area (Å²) in [4.78, 5) is 12.8. The first kappa shape index (κ1) is 17.2. The number of ketones is 1. The van der Waals surface area contributed by atoms with Gasteiger partial charge in [0, 0.05) is 19.5 Å². The van der Waals surface area contributed by atoms with Crippen molar-refractivity contribution in [3.05, 3.63) is 29.8 Å². The molecule has 1 aromatic carbocycles. The molecule has 0 bridgehead atoms. The molecule has 1 saturated heterocycles. The lowest BCUT2D eigenvalue weighted by atomic mass is 9.69. The molecule has 136 valence electrons. The number of fused-ring (bicyclic) bond motifs is 3. The fourth-order valence-corrected chi connectivity index (χ4v) is 6.95. The Kier molecular flexibility index (Phi) is 3.70. The Bertz CT molecular complexity index is 818. The quantitative estimate of drug-likeness (QED) is 0.873. The SMILES string of the molecule is Cc1ccc(S(=O)(=O)N2CC[C@H]3[C@H](C2)C[C@]2(O)CCC(=O)[C@]32C)cc1. The van der Waals surface area contributed by atoms with Crippen LogP contribution in [-0.4, -0.2) is 42.3 Å². The van der Waals surface area contributed by atoms with Crippen LogP contribution in [0.5, 0.6) is 0 Å². The van der Waals surface area contributed by atoms with Crippen molar-refractivity contribution in [1.29, 1.82) is 0 Å². The Morgan fingerprint density at radius 2 is 1.92 bits per heavy atom. The lowest BCUT2D eigenvalue weighted by molar-refractivity contribution is -0.136. The average molecular weight is 363 g/mol. The molecule has 3 aliphatic rings. The van der Waals surface area contributed by atoms with E-state index in [1.54, 1.807) is 12.1 Å². The van der Waals surface area contributed by atoms with Gasteiger partial charge in [-0.2, -0.15) is 4.31 Å². The molecule has 2 saturated carbocycles. The van der Waals surface area contributed by atoms with Crippen LogP contribution in [0.2, 0.25) is 0 Å². The zero-order valence-corrected chi connectivity index (χ0v) is 15.6. The Morgan fingerprint density at radius 3 is 2.60 bits per heavy atom. The minimum Gasteiger partial charge on any atom is -0.389 e. The second kappa shape index (κ2) is 5.38. The van der Waals surface area contributed by atoms with E-state index in [9.17, 15) is 18.3 Å². The summed E-state index contributed by atoms with van der Waals surface area (Å²) >= 11 is 0. The molecule has 25 heavy (non-hydrogen) atoms. The third kappa shape index (κ3) is 2.27. The number of nitrogens with zero attached hydrogens (tertiary/aromatic N) is 1. The van der Waals surface area contributed by atoms with Crippen LogP contribution in [0.15, 0.2) is 29.2 Å². The second-order valence-electron chi connectivity index (χ2n) is 8.19. The average Bonchev–Trinajstić information content (AvgIpc) is 2.94. The molecule has 0 amide bonds. The molecule has 1 heterocycles. The van der Waals surface area contributed by atoms with E-state index in [2.05, 4.69) is 0 Å². The maximum atomic E-state index is 13.0. The standard InChI is InChI=1S/C19H25NO4S/c1-13-3-5-15(6-4-13)25(23,24)20-10-8-16-14(12-20)11-19(22)9-7-17(21)18(16,19)2/h3-6,14,16,22H,7-12H2,1-2H3/t14-,16-,18-,19+/m0/s1. The first-order valence-electron chi connectivity index (χ1n) is 9.01. The molecule has 2 aliphatic carbocycles. The molecule has 4 atom stereocenters. The molecule has 6 heteroatoms. The van der Waals surface area contributed by atoms with Crippen LogP contribution in [0.25, 0.3) is 0 Å². The van der Waals surface area contributed by atoms with E-state index < -0.39 is 21.0 Å². The van der Waals surface area contributed by atoms with Crippen LogP contribution in [0.1, 0.15) is 38.2 Å². The van der Waals surface area contributed by atoms with Crippen LogP contribution < -0.4 is 0 Å². The molecule has 0 radical (unpaired) electrons. The van der Waals surface area contributed by atoms with Crippen molar-refractivity contribution in [1.82, 2.24) is 4.31 Å². The molecule has 3 fully saturated rings. The minimum absolute atomic E-state index is 0.0493. The van der Waals surface area contributed by atoms with Gasteiger partial charge in [0.05, 0.1) is 15.9 Å². The first-order valence-corrected chi connectivity index (χ1v) is 10.4. The zero-order chi connectivity index (χ0) is 18.0. The van der Waals surface area contributed by atoms with Crippen LogP contribution in [0.3, 0.4) is 0 Å². The minimum atomic E-state index is -3.53. The third-order valence-electron chi connectivity index (χ3n) is 7.01. The van der Waals surface area contributed by atoms with Gasteiger partial charge in [-0.05, 0) is 57.1 Å². The monoisotopic (exact) mass is 363 g/mol. The van der Waals surface area contributed by atoms with Gasteiger partial charge in [0.15, 0.2) is 0 Å². The van der Waals surface area contributed by atoms with Gasteiger partial charge in [-0.3, -0.25) is 4.79 Å². The molecule has 5 nitrogen and oxygen atoms in total. The van der Waals surface area contributed by atoms with E-state index in [4.69, 9.17) is 0 Å². The second-order valence-corrected chi connectivity index (χ2v) is 10.1. The molecular formula is C19H25NO4S. The smallest absolute Gasteiger partial charge is 0.243 e. The number of hydrogen-bond donors (Lipinski definition) is 1. The number of carbonyl (C=O) groups is 1. The lowest BCUT2D eigenvalue weighted by Gasteiger charge is -2.40. The molecule has 4 rings (SSSR count). The topological polar surface area (TPSA) is 74.7 Å². The Hall–Kier alpha value is -1.24. The number of rotatable bonds is 2. The van der Waals surface area contributed by atoms with E-state index in [-0.39, 0.29) is 17.6 Å². The van der Waals surface area contributed by atoms with Crippen molar-refractivity contribution in [3.8, 4) is 0 Å². The van der Waals surface area contributed by atoms with Crippen LogP contribution in [-0.2, 0) is 14.8 Å². The number of piperidine rings is 1. The van der Waals surface area contributed by atoms with E-state index in [1.165, 1.54) is 4.31 Å². The maximum absolute atomic E-state index is 13.0. The summed E-state index contributed by atoms with van der Waals surface area (Å²) < 4.78 is 27.4. The van der Waals surface area contributed by atoms with Gasteiger partial charge < -0.3 is 5.11 Å². The summed E-state index contributed by atoms with van der Waals surface area (Å²) in [6.45, 7) is 4.64. The predicted molar refractivity (Wildman–Crippen MR) is 93.4 cm³/mol. The highest BCUT2D eigenvalue weighted by Crippen LogP contribution is 2.62. The van der Waals surface area contributed by atoms with Gasteiger partial charge in [-0.15, -0.1) is 0 Å². The molecule has 0 unspecified atom stereocenters. The fourth-order valence-electron chi connectivity index (χ4n) is 5.44. The number of aliphatic hydroxyl groups is 1. The van der Waals surface area contributed by atoms with E-state index >= 15 is 0 Å². The Balaban J connectivity index is 1.61. The Labute approximate surface area is 149 Å². The number of sulfonamides is 1. The Morgan fingerprint density at radius 1 is 1.24 bits per heavy atom. The highest BCUT2D eigenvalue weighted by atomic mass is 32.2. The predicted octanol–water partition coefficient (Wildman–Crippen LogP) is 2.13. The number of Topliss-reactive ketones (excluding diaryl/α,β-unsaturated/α-hetero) is 1. The van der Waals surface area contributed by atoms with Gasteiger partial charge in [0.1, 0.15) is 5.78 Å². The molecule has 1 aromatic rings. The number of aryl methyl sites for hydroxylation is 1. The van der Waals surface area contributed by atoms with Gasteiger partial charge >= 0.3 is 0 Å². The highest BCUT2D eigenvalue weighted by Gasteiger charge is 2.67. The summed E-state index contributed by atoms with van der Waals surface area (Å²) in [6, 6.07) is 6.92. The molecule has 1 aliphatic heterocycles. The lowest BCUT2D eigenvalue weighted by Crippen LogP contribution is -2.48. The molecule has 0 aromatic heterocycles. The zero-order valence-electron chi connectivity index (χ0n) is 14.7. The summed E-state index contributed by atoms with van der Waals surface area (Å²) in [6.07, 6.45) is 2.13. The van der Waals surface area contributed by atoms with E-state index in [0.717, 1.165) is 5.56 Å². The molecular weight excluding hydrogens is 338 g/mol. The summed E-state index contributed by atoms with van der Waals surface area (Å²) in [5.74, 6) is 0.280. The largest absolute Gasteiger partial charge is 0.389 e. The van der Waals surface area contributed by atoms with Crippen molar-refractivity contribution < 1.29 is 18.3 Å². The third-order valence-corrected chi connectivity index (χ3v) is 8.89. The first-order chi connectivity index (χ1) is 11.7. The van der Waals surface area contributed by atoms with Crippen molar-refractivity contribution in [2.75, 3.05) is 13.1 Å². The highest BCUT2D eigenvalue weighted by molar-refractivity contribution is 7.89. The molecule has 0 spiro atoms. The fraction of sp³-hybridized carbons (Fsp3) is 0.632. The normalized spacial score (nSPS) is 38.6. The summed E-state index contributed by atoms with van der Waals surface area (Å²) in [5.41, 5.74) is -0.629. The van der Waals surface area contributed by atoms with E-state index in [0.29, 0.717) is 43.7 Å². The molecule has 1 N–H and O–H groups in total. The number of carbonyl (C=O) groups excluding carboxylic acids is 1. The summed E-state index contributed by atoms with van der Waals surface area (Å²) in [5, 5.41) is 11.0. The van der Waals surface area contributed by atoms with Gasteiger partial charge in [-0.1, -0.05) is 17.7 Å². The van der Waals surface area contributed by atoms with Crippen LogP contribution in [0, 0.1) is 24.2 Å². The summed E-state index contributed by atoms with van der Waals surface area (Å²) in [7, 11) is -3.53. The van der Waals surface area contributed by atoms with Gasteiger partial charge in [0.25, 0.3) is 0 Å². The van der Waals surface area contributed by atoms with Crippen molar-refractivity contribution >= 4 is 15.8 Å². The van der Waals surface area contributed by atoms with Crippen LogP contribution in [0.4, 0.5) is 0 Å². The maximum Gasteiger partial charge on any atom is 0.243 e. The van der Waals surface area contributed by atoms with Gasteiger partial charge in [0.2, 0.25) is 10.0 Å². The van der Waals surface area contributed by atoms with Crippen molar-refractivity contribution in [2.24, 2.45) is 17.3 Å². The van der Waals surface area contributed by atoms with Crippen molar-refractivity contribution in [3.63, 3.8) is 0 Å². The van der Waals surface area contributed by atoms with Gasteiger partial charge in [-0.25, -0.2) is 8.42 Å².